The van der Waals surface area contributed by atoms with Gasteiger partial charge in [0, 0.05) is 35.9 Å². The van der Waals surface area contributed by atoms with Crippen molar-refractivity contribution in [3.8, 4) is 0 Å². The number of H-pyrrole nitrogens is 1. The highest BCUT2D eigenvalue weighted by atomic mass is 79.9. The smallest absolute Gasteiger partial charge is 0.252 e. The molecule has 0 spiro atoms. The maximum absolute atomic E-state index is 11.5. The SMILES string of the molecule is O=c1[nH]cc(Br)cc1[C@@H]1CNCCN1. The third-order valence-electron chi connectivity index (χ3n) is 2.31. The van der Waals surface area contributed by atoms with Crippen LogP contribution in [-0.4, -0.2) is 24.6 Å². The number of halogens is 1. The predicted molar refractivity (Wildman–Crippen MR) is 58.4 cm³/mol. The van der Waals surface area contributed by atoms with Gasteiger partial charge in [0.05, 0.1) is 6.04 Å². The Balaban J connectivity index is 2.29. The molecule has 1 aliphatic rings. The van der Waals surface area contributed by atoms with E-state index in [9.17, 15) is 4.79 Å². The first kappa shape index (κ1) is 9.89. The van der Waals surface area contributed by atoms with Gasteiger partial charge in [-0.15, -0.1) is 0 Å². The first-order valence-corrected chi connectivity index (χ1v) is 5.39. The summed E-state index contributed by atoms with van der Waals surface area (Å²) in [7, 11) is 0. The molecule has 1 atom stereocenters. The highest BCUT2D eigenvalue weighted by molar-refractivity contribution is 9.10. The zero-order valence-corrected chi connectivity index (χ0v) is 9.23. The van der Waals surface area contributed by atoms with E-state index in [2.05, 4.69) is 31.5 Å². The van der Waals surface area contributed by atoms with Crippen molar-refractivity contribution in [2.45, 2.75) is 6.04 Å². The van der Waals surface area contributed by atoms with Gasteiger partial charge in [-0.25, -0.2) is 0 Å². The second-order valence-electron chi connectivity index (χ2n) is 3.31. The predicted octanol–water partition coefficient (Wildman–Crippen LogP) is 0.371. The molecule has 0 radical (unpaired) electrons. The topological polar surface area (TPSA) is 56.9 Å². The van der Waals surface area contributed by atoms with Crippen LogP contribution in [0.15, 0.2) is 21.5 Å². The van der Waals surface area contributed by atoms with Crippen molar-refractivity contribution in [2.24, 2.45) is 0 Å². The number of piperazine rings is 1. The Kier molecular flexibility index (Phi) is 3.00. The van der Waals surface area contributed by atoms with Gasteiger partial charge in [0.15, 0.2) is 0 Å². The molecule has 2 heterocycles. The molecule has 1 aromatic rings. The van der Waals surface area contributed by atoms with Crippen LogP contribution < -0.4 is 16.2 Å². The van der Waals surface area contributed by atoms with Crippen LogP contribution in [0.4, 0.5) is 0 Å². The van der Waals surface area contributed by atoms with Gasteiger partial charge in [0.2, 0.25) is 0 Å². The Labute approximate surface area is 90.2 Å². The Hall–Kier alpha value is -0.650. The first-order chi connectivity index (χ1) is 6.77. The third kappa shape index (κ3) is 2.05. The van der Waals surface area contributed by atoms with E-state index in [0.717, 1.165) is 29.7 Å². The lowest BCUT2D eigenvalue weighted by Crippen LogP contribution is -2.44. The minimum Gasteiger partial charge on any atom is -0.328 e. The van der Waals surface area contributed by atoms with E-state index >= 15 is 0 Å². The number of nitrogens with one attached hydrogen (secondary N) is 3. The maximum Gasteiger partial charge on any atom is 0.252 e. The summed E-state index contributed by atoms with van der Waals surface area (Å²) in [6.07, 6.45) is 1.65. The Morgan fingerprint density at radius 1 is 1.43 bits per heavy atom. The number of hydrogen-bond donors (Lipinski definition) is 3. The summed E-state index contributed by atoms with van der Waals surface area (Å²) in [4.78, 5) is 14.2. The molecule has 0 aromatic carbocycles. The van der Waals surface area contributed by atoms with E-state index in [0.29, 0.717) is 0 Å². The van der Waals surface area contributed by atoms with Crippen LogP contribution in [0.1, 0.15) is 11.6 Å². The largest absolute Gasteiger partial charge is 0.328 e. The van der Waals surface area contributed by atoms with Gasteiger partial charge in [-0.05, 0) is 22.0 Å². The van der Waals surface area contributed by atoms with Crippen molar-refractivity contribution >= 4 is 15.9 Å². The minimum atomic E-state index is -0.0191. The zero-order chi connectivity index (χ0) is 9.97. The Bertz CT molecular complexity index is 371. The standard InChI is InChI=1S/C9H12BrN3O/c10-6-3-7(9(14)13-4-6)8-5-11-1-2-12-8/h3-4,8,11-12H,1-2,5H2,(H,13,14)/t8-/m0/s1. The molecule has 1 saturated heterocycles. The molecule has 4 nitrogen and oxygen atoms in total. The number of rotatable bonds is 1. The fraction of sp³-hybridized carbons (Fsp3) is 0.444. The van der Waals surface area contributed by atoms with Crippen LogP contribution in [0.3, 0.4) is 0 Å². The second-order valence-corrected chi connectivity index (χ2v) is 4.23. The molecule has 5 heteroatoms. The highest BCUT2D eigenvalue weighted by Gasteiger charge is 2.17. The molecule has 1 fully saturated rings. The minimum absolute atomic E-state index is 0.0191. The number of pyridine rings is 1. The molecule has 2 rings (SSSR count). The molecule has 1 aliphatic heterocycles. The van der Waals surface area contributed by atoms with Gasteiger partial charge >= 0.3 is 0 Å². The molecule has 0 saturated carbocycles. The summed E-state index contributed by atoms with van der Waals surface area (Å²) in [6, 6.07) is 1.98. The van der Waals surface area contributed by atoms with E-state index in [1.807, 2.05) is 6.07 Å². The van der Waals surface area contributed by atoms with E-state index in [1.54, 1.807) is 6.20 Å². The first-order valence-electron chi connectivity index (χ1n) is 4.59. The molecule has 3 N–H and O–H groups in total. The van der Waals surface area contributed by atoms with Gasteiger partial charge in [0.1, 0.15) is 0 Å². The van der Waals surface area contributed by atoms with Crippen LogP contribution in [0, 0.1) is 0 Å². The lowest BCUT2D eigenvalue weighted by molar-refractivity contribution is 0.427. The summed E-state index contributed by atoms with van der Waals surface area (Å²) >= 11 is 3.34. The molecule has 1 aromatic heterocycles. The van der Waals surface area contributed by atoms with Crippen molar-refractivity contribution in [1.29, 1.82) is 0 Å². The Morgan fingerprint density at radius 3 is 3.00 bits per heavy atom. The highest BCUT2D eigenvalue weighted by Crippen LogP contribution is 2.13. The number of hydrogen-bond acceptors (Lipinski definition) is 3. The lowest BCUT2D eigenvalue weighted by atomic mass is 10.1. The zero-order valence-electron chi connectivity index (χ0n) is 7.64. The quantitative estimate of drug-likeness (QED) is 0.682. The normalized spacial score (nSPS) is 22.2. The Morgan fingerprint density at radius 2 is 2.29 bits per heavy atom. The molecular formula is C9H12BrN3O. The van der Waals surface area contributed by atoms with E-state index in [-0.39, 0.29) is 11.6 Å². The van der Waals surface area contributed by atoms with Crippen molar-refractivity contribution < 1.29 is 0 Å². The molecule has 76 valence electrons. The summed E-state index contributed by atoms with van der Waals surface area (Å²) in [5.41, 5.74) is 0.765. The monoisotopic (exact) mass is 257 g/mol. The average Bonchev–Trinajstić information content (AvgIpc) is 2.23. The van der Waals surface area contributed by atoms with E-state index in [1.165, 1.54) is 0 Å². The summed E-state index contributed by atoms with van der Waals surface area (Å²) < 4.78 is 0.902. The summed E-state index contributed by atoms with van der Waals surface area (Å²) in [5, 5.41) is 6.55. The van der Waals surface area contributed by atoms with Gasteiger partial charge < -0.3 is 15.6 Å². The van der Waals surface area contributed by atoms with Crippen LogP contribution in [-0.2, 0) is 0 Å². The van der Waals surface area contributed by atoms with Crippen LogP contribution >= 0.6 is 15.9 Å². The van der Waals surface area contributed by atoms with Crippen LogP contribution in [0.5, 0.6) is 0 Å². The summed E-state index contributed by atoms with van der Waals surface area (Å²) in [6.45, 7) is 2.67. The average molecular weight is 258 g/mol. The fourth-order valence-electron chi connectivity index (χ4n) is 1.61. The van der Waals surface area contributed by atoms with Crippen molar-refractivity contribution in [3.63, 3.8) is 0 Å². The van der Waals surface area contributed by atoms with Gasteiger partial charge in [-0.3, -0.25) is 4.79 Å². The van der Waals surface area contributed by atoms with Gasteiger partial charge in [-0.1, -0.05) is 0 Å². The molecule has 0 bridgehead atoms. The molecule has 0 aliphatic carbocycles. The van der Waals surface area contributed by atoms with E-state index < -0.39 is 0 Å². The molecule has 0 amide bonds. The van der Waals surface area contributed by atoms with Gasteiger partial charge in [-0.2, -0.15) is 0 Å². The van der Waals surface area contributed by atoms with Crippen molar-refractivity contribution in [3.05, 3.63) is 32.7 Å². The number of aromatic amines is 1. The molecular weight excluding hydrogens is 246 g/mol. The van der Waals surface area contributed by atoms with Crippen molar-refractivity contribution in [1.82, 2.24) is 15.6 Å². The van der Waals surface area contributed by atoms with Gasteiger partial charge in [0.25, 0.3) is 5.56 Å². The van der Waals surface area contributed by atoms with Crippen molar-refractivity contribution in [2.75, 3.05) is 19.6 Å². The van der Waals surface area contributed by atoms with E-state index in [4.69, 9.17) is 0 Å². The second kappa shape index (κ2) is 4.25. The van der Waals surface area contributed by atoms with Crippen LogP contribution in [0.2, 0.25) is 0 Å². The molecule has 0 unspecified atom stereocenters. The maximum atomic E-state index is 11.5. The lowest BCUT2D eigenvalue weighted by Gasteiger charge is -2.24. The third-order valence-corrected chi connectivity index (χ3v) is 2.77. The fourth-order valence-corrected chi connectivity index (χ4v) is 1.97. The van der Waals surface area contributed by atoms with Crippen LogP contribution in [0.25, 0.3) is 0 Å². The molecule has 14 heavy (non-hydrogen) atoms. The number of aromatic nitrogens is 1. The summed E-state index contributed by atoms with van der Waals surface area (Å²) in [5.74, 6) is 0.